The van der Waals surface area contributed by atoms with E-state index in [1.165, 1.54) is 12.1 Å². The molecule has 7 heteroatoms. The minimum Gasteiger partial charge on any atom is -0.374 e. The van der Waals surface area contributed by atoms with E-state index < -0.39 is 11.7 Å². The standard InChI is InChI=1S/C16H16F3N3O/c17-16(18,19)13-3-1-2-12(8-13)9-14-11-22(6-7-23-14)15-10-20-4-5-21-15/h1-5,8,10,14H,6-7,9,11H2. The summed E-state index contributed by atoms with van der Waals surface area (Å²) in [5, 5.41) is 0. The van der Waals surface area contributed by atoms with Gasteiger partial charge in [-0.1, -0.05) is 18.2 Å². The molecule has 0 bridgehead atoms. The maximum absolute atomic E-state index is 12.8. The first-order valence-electron chi connectivity index (χ1n) is 7.31. The van der Waals surface area contributed by atoms with Crippen molar-refractivity contribution in [2.75, 3.05) is 24.6 Å². The molecule has 3 rings (SSSR count). The first-order valence-corrected chi connectivity index (χ1v) is 7.31. The van der Waals surface area contributed by atoms with E-state index >= 15 is 0 Å². The van der Waals surface area contributed by atoms with Gasteiger partial charge < -0.3 is 9.64 Å². The van der Waals surface area contributed by atoms with Gasteiger partial charge in [0.05, 0.1) is 24.5 Å². The first kappa shape index (κ1) is 15.7. The van der Waals surface area contributed by atoms with Crippen molar-refractivity contribution in [1.82, 2.24) is 9.97 Å². The van der Waals surface area contributed by atoms with Gasteiger partial charge in [0.25, 0.3) is 0 Å². The molecule has 2 aromatic rings. The molecule has 1 fully saturated rings. The highest BCUT2D eigenvalue weighted by atomic mass is 19.4. The molecular weight excluding hydrogens is 307 g/mol. The molecule has 1 saturated heterocycles. The Hall–Kier alpha value is -2.15. The molecule has 1 aliphatic heterocycles. The minimum absolute atomic E-state index is 0.172. The van der Waals surface area contributed by atoms with Gasteiger partial charge in [0.15, 0.2) is 0 Å². The van der Waals surface area contributed by atoms with Crippen molar-refractivity contribution in [2.24, 2.45) is 0 Å². The van der Waals surface area contributed by atoms with Crippen LogP contribution in [0.15, 0.2) is 42.9 Å². The number of rotatable bonds is 3. The van der Waals surface area contributed by atoms with Crippen molar-refractivity contribution in [1.29, 1.82) is 0 Å². The molecule has 0 aliphatic carbocycles. The first-order chi connectivity index (χ1) is 11.0. The SMILES string of the molecule is FC(F)(F)c1cccc(CC2CN(c3cnccn3)CCO2)c1. The molecular formula is C16H16F3N3O. The average molecular weight is 323 g/mol. The van der Waals surface area contributed by atoms with Gasteiger partial charge >= 0.3 is 6.18 Å². The van der Waals surface area contributed by atoms with Gasteiger partial charge in [-0.25, -0.2) is 4.98 Å². The molecule has 1 aromatic heterocycles. The van der Waals surface area contributed by atoms with Gasteiger partial charge in [-0.15, -0.1) is 0 Å². The molecule has 0 radical (unpaired) electrons. The van der Waals surface area contributed by atoms with Crippen LogP contribution in [0.3, 0.4) is 0 Å². The maximum atomic E-state index is 12.8. The van der Waals surface area contributed by atoms with Crippen LogP contribution in [-0.2, 0) is 17.3 Å². The molecule has 1 aliphatic rings. The van der Waals surface area contributed by atoms with Crippen LogP contribution < -0.4 is 4.90 Å². The van der Waals surface area contributed by atoms with Gasteiger partial charge in [0.2, 0.25) is 0 Å². The zero-order valence-electron chi connectivity index (χ0n) is 12.3. The fraction of sp³-hybridized carbons (Fsp3) is 0.375. The van der Waals surface area contributed by atoms with E-state index in [4.69, 9.17) is 4.74 Å². The second-order valence-corrected chi connectivity index (χ2v) is 5.40. The summed E-state index contributed by atoms with van der Waals surface area (Å²) in [6.07, 6.45) is 0.827. The fourth-order valence-corrected chi connectivity index (χ4v) is 2.64. The van der Waals surface area contributed by atoms with Crippen molar-refractivity contribution < 1.29 is 17.9 Å². The number of hydrogen-bond acceptors (Lipinski definition) is 4. The molecule has 1 aromatic carbocycles. The number of morpholine rings is 1. The topological polar surface area (TPSA) is 38.2 Å². The third kappa shape index (κ3) is 3.98. The molecule has 0 N–H and O–H groups in total. The number of nitrogens with zero attached hydrogens (tertiary/aromatic N) is 3. The molecule has 4 nitrogen and oxygen atoms in total. The third-order valence-electron chi connectivity index (χ3n) is 3.73. The Balaban J connectivity index is 1.68. The van der Waals surface area contributed by atoms with E-state index in [0.717, 1.165) is 11.9 Å². The number of anilines is 1. The summed E-state index contributed by atoms with van der Waals surface area (Å²) in [4.78, 5) is 10.3. The van der Waals surface area contributed by atoms with Gasteiger partial charge in [-0.05, 0) is 11.6 Å². The lowest BCUT2D eigenvalue weighted by molar-refractivity contribution is -0.137. The van der Waals surface area contributed by atoms with Gasteiger partial charge in [0.1, 0.15) is 5.82 Å². The fourth-order valence-electron chi connectivity index (χ4n) is 2.64. The highest BCUT2D eigenvalue weighted by Gasteiger charge is 2.30. The number of halogens is 3. The van der Waals surface area contributed by atoms with Gasteiger partial charge in [0, 0.05) is 31.9 Å². The average Bonchev–Trinajstić information content (AvgIpc) is 2.55. The zero-order valence-corrected chi connectivity index (χ0v) is 12.3. The monoisotopic (exact) mass is 323 g/mol. The number of hydrogen-bond donors (Lipinski definition) is 0. The Morgan fingerprint density at radius 3 is 2.87 bits per heavy atom. The Morgan fingerprint density at radius 2 is 2.13 bits per heavy atom. The summed E-state index contributed by atoms with van der Waals surface area (Å²) in [6.45, 7) is 1.78. The van der Waals surface area contributed by atoms with Crippen molar-refractivity contribution in [2.45, 2.75) is 18.7 Å². The number of alkyl halides is 3. The lowest BCUT2D eigenvalue weighted by Gasteiger charge is -2.33. The van der Waals surface area contributed by atoms with Gasteiger partial charge in [-0.2, -0.15) is 13.2 Å². The van der Waals surface area contributed by atoms with Crippen LogP contribution in [0.1, 0.15) is 11.1 Å². The second kappa shape index (κ2) is 6.54. The lowest BCUT2D eigenvalue weighted by atomic mass is 10.0. The van der Waals surface area contributed by atoms with Crippen LogP contribution in [-0.4, -0.2) is 35.8 Å². The van der Waals surface area contributed by atoms with E-state index in [0.29, 0.717) is 31.7 Å². The smallest absolute Gasteiger partial charge is 0.374 e. The number of aromatic nitrogens is 2. The summed E-state index contributed by atoms with van der Waals surface area (Å²) in [7, 11) is 0. The Bertz CT molecular complexity index is 649. The van der Waals surface area contributed by atoms with E-state index in [1.807, 2.05) is 4.90 Å². The highest BCUT2D eigenvalue weighted by Crippen LogP contribution is 2.30. The van der Waals surface area contributed by atoms with Crippen molar-refractivity contribution >= 4 is 5.82 Å². The van der Waals surface area contributed by atoms with Crippen molar-refractivity contribution in [3.05, 3.63) is 54.0 Å². The normalized spacial score (nSPS) is 18.9. The Labute approximate surface area is 131 Å². The Morgan fingerprint density at radius 1 is 1.26 bits per heavy atom. The molecule has 2 heterocycles. The van der Waals surface area contributed by atoms with Crippen molar-refractivity contribution in [3.8, 4) is 0 Å². The van der Waals surface area contributed by atoms with E-state index in [1.54, 1.807) is 24.7 Å². The predicted molar refractivity (Wildman–Crippen MR) is 79.1 cm³/mol. The molecule has 23 heavy (non-hydrogen) atoms. The summed E-state index contributed by atoms with van der Waals surface area (Å²) >= 11 is 0. The zero-order chi connectivity index (χ0) is 16.3. The molecule has 0 spiro atoms. The van der Waals surface area contributed by atoms with E-state index in [9.17, 15) is 13.2 Å². The third-order valence-corrected chi connectivity index (χ3v) is 3.73. The van der Waals surface area contributed by atoms with Crippen LogP contribution in [0, 0.1) is 0 Å². The molecule has 1 unspecified atom stereocenters. The quantitative estimate of drug-likeness (QED) is 0.870. The largest absolute Gasteiger partial charge is 0.416 e. The van der Waals surface area contributed by atoms with Crippen LogP contribution in [0.2, 0.25) is 0 Å². The van der Waals surface area contributed by atoms with Crippen LogP contribution >= 0.6 is 0 Å². The van der Waals surface area contributed by atoms with E-state index in [2.05, 4.69) is 9.97 Å². The van der Waals surface area contributed by atoms with Crippen molar-refractivity contribution in [3.63, 3.8) is 0 Å². The summed E-state index contributed by atoms with van der Waals surface area (Å²) in [5.41, 5.74) is -0.0117. The van der Waals surface area contributed by atoms with E-state index in [-0.39, 0.29) is 6.10 Å². The van der Waals surface area contributed by atoms with Crippen LogP contribution in [0.5, 0.6) is 0 Å². The Kier molecular flexibility index (Phi) is 4.47. The highest BCUT2D eigenvalue weighted by molar-refractivity contribution is 5.36. The summed E-state index contributed by atoms with van der Waals surface area (Å²) in [5.74, 6) is 0.754. The number of benzene rings is 1. The molecule has 122 valence electrons. The summed E-state index contributed by atoms with van der Waals surface area (Å²) < 4.78 is 44.0. The predicted octanol–water partition coefficient (Wildman–Crippen LogP) is 2.94. The molecule has 1 atom stereocenters. The molecule has 0 amide bonds. The van der Waals surface area contributed by atoms with Gasteiger partial charge in [-0.3, -0.25) is 4.98 Å². The molecule has 0 saturated carbocycles. The minimum atomic E-state index is -4.32. The lowest BCUT2D eigenvalue weighted by Crippen LogP contribution is -2.43. The van der Waals surface area contributed by atoms with Crippen LogP contribution in [0.25, 0.3) is 0 Å². The van der Waals surface area contributed by atoms with Crippen LogP contribution in [0.4, 0.5) is 19.0 Å². The number of ether oxygens (including phenoxy) is 1. The second-order valence-electron chi connectivity index (χ2n) is 5.40. The maximum Gasteiger partial charge on any atom is 0.416 e. The summed E-state index contributed by atoms with van der Waals surface area (Å²) in [6, 6.07) is 5.39.